The zero-order valence-corrected chi connectivity index (χ0v) is 11.9. The first-order valence-electron chi connectivity index (χ1n) is 6.79. The van der Waals surface area contributed by atoms with E-state index in [0.717, 1.165) is 16.8 Å². The number of hydrogen-bond donors (Lipinski definition) is 0. The SMILES string of the molecule is CCOOC(=O)CN=C(c1ccccc1)c1ccccc1. The largest absolute Gasteiger partial charge is 0.363 e. The monoisotopic (exact) mass is 283 g/mol. The van der Waals surface area contributed by atoms with Crippen molar-refractivity contribution in [3.05, 3.63) is 71.8 Å². The standard InChI is InChI=1S/C17H17NO3/c1-2-20-21-16(19)13-18-17(14-9-5-3-6-10-14)15-11-7-4-8-12-15/h3-12H,2,13H2,1H3. The molecule has 0 unspecified atom stereocenters. The lowest BCUT2D eigenvalue weighted by Gasteiger charge is -2.07. The van der Waals surface area contributed by atoms with Crippen LogP contribution in [0.1, 0.15) is 18.1 Å². The lowest BCUT2D eigenvalue weighted by atomic mass is 10.0. The molecule has 108 valence electrons. The van der Waals surface area contributed by atoms with Gasteiger partial charge in [0.1, 0.15) is 6.54 Å². The number of aliphatic imine (C=N–C) groups is 1. The molecule has 0 fully saturated rings. The van der Waals surface area contributed by atoms with Crippen molar-refractivity contribution in [3.63, 3.8) is 0 Å². The minimum Gasteiger partial charge on any atom is -0.296 e. The van der Waals surface area contributed by atoms with Gasteiger partial charge in [0.15, 0.2) is 0 Å². The Bertz CT molecular complexity index is 552. The topological polar surface area (TPSA) is 47.9 Å². The van der Waals surface area contributed by atoms with Gasteiger partial charge in [0.05, 0.1) is 12.3 Å². The second-order valence-corrected chi connectivity index (χ2v) is 4.26. The molecule has 2 aromatic rings. The smallest absolute Gasteiger partial charge is 0.296 e. The van der Waals surface area contributed by atoms with Crippen LogP contribution in [0.4, 0.5) is 0 Å². The van der Waals surface area contributed by atoms with Gasteiger partial charge in [-0.25, -0.2) is 4.79 Å². The fourth-order valence-corrected chi connectivity index (χ4v) is 1.84. The lowest BCUT2D eigenvalue weighted by Crippen LogP contribution is -2.12. The number of carbonyl (C=O) groups is 1. The first-order chi connectivity index (χ1) is 10.3. The summed E-state index contributed by atoms with van der Waals surface area (Å²) >= 11 is 0. The molecule has 0 aliphatic carbocycles. The van der Waals surface area contributed by atoms with Gasteiger partial charge in [0.2, 0.25) is 0 Å². The molecular weight excluding hydrogens is 266 g/mol. The second-order valence-electron chi connectivity index (χ2n) is 4.26. The first-order valence-corrected chi connectivity index (χ1v) is 6.79. The van der Waals surface area contributed by atoms with Crippen molar-refractivity contribution in [1.29, 1.82) is 0 Å². The maximum atomic E-state index is 11.5. The number of benzene rings is 2. The summed E-state index contributed by atoms with van der Waals surface area (Å²) < 4.78 is 0. The van der Waals surface area contributed by atoms with Crippen LogP contribution in [-0.4, -0.2) is 24.8 Å². The van der Waals surface area contributed by atoms with Crippen molar-refractivity contribution in [3.8, 4) is 0 Å². The Balaban J connectivity index is 2.23. The van der Waals surface area contributed by atoms with Gasteiger partial charge in [-0.15, -0.1) is 0 Å². The van der Waals surface area contributed by atoms with Gasteiger partial charge >= 0.3 is 5.97 Å². The van der Waals surface area contributed by atoms with E-state index in [1.807, 2.05) is 60.7 Å². The number of hydrogen-bond acceptors (Lipinski definition) is 4. The van der Waals surface area contributed by atoms with Crippen LogP contribution in [0.15, 0.2) is 65.7 Å². The van der Waals surface area contributed by atoms with Crippen LogP contribution in [0.3, 0.4) is 0 Å². The molecule has 0 atom stereocenters. The number of nitrogens with zero attached hydrogens (tertiary/aromatic N) is 1. The molecule has 0 radical (unpaired) electrons. The van der Waals surface area contributed by atoms with E-state index in [9.17, 15) is 4.79 Å². The summed E-state index contributed by atoms with van der Waals surface area (Å²) in [6, 6.07) is 19.5. The predicted molar refractivity (Wildman–Crippen MR) is 81.1 cm³/mol. The molecule has 4 nitrogen and oxygen atoms in total. The third-order valence-corrected chi connectivity index (χ3v) is 2.73. The fraction of sp³-hybridized carbons (Fsp3) is 0.176. The maximum Gasteiger partial charge on any atom is 0.363 e. The number of rotatable bonds is 6. The summed E-state index contributed by atoms with van der Waals surface area (Å²) in [5.41, 5.74) is 2.66. The highest BCUT2D eigenvalue weighted by Crippen LogP contribution is 2.11. The Hall–Kier alpha value is -2.46. The summed E-state index contributed by atoms with van der Waals surface area (Å²) in [4.78, 5) is 25.1. The van der Waals surface area contributed by atoms with Crippen molar-refractivity contribution >= 4 is 11.7 Å². The molecule has 21 heavy (non-hydrogen) atoms. The predicted octanol–water partition coefficient (Wildman–Crippen LogP) is 3.02. The highest BCUT2D eigenvalue weighted by molar-refractivity contribution is 6.13. The summed E-state index contributed by atoms with van der Waals surface area (Å²) in [5, 5.41) is 0. The minimum atomic E-state index is -0.513. The maximum absolute atomic E-state index is 11.5. The summed E-state index contributed by atoms with van der Waals surface area (Å²) in [6.07, 6.45) is 0. The normalized spacial score (nSPS) is 9.95. The first kappa shape index (κ1) is 14.9. The van der Waals surface area contributed by atoms with E-state index < -0.39 is 5.97 Å². The summed E-state index contributed by atoms with van der Waals surface area (Å²) in [7, 11) is 0. The molecule has 0 aliphatic rings. The van der Waals surface area contributed by atoms with E-state index in [0.29, 0.717) is 6.61 Å². The van der Waals surface area contributed by atoms with Crippen LogP contribution in [0.2, 0.25) is 0 Å². The molecule has 0 saturated carbocycles. The van der Waals surface area contributed by atoms with Crippen molar-refractivity contribution < 1.29 is 14.6 Å². The van der Waals surface area contributed by atoms with E-state index in [1.165, 1.54) is 0 Å². The van der Waals surface area contributed by atoms with E-state index in [1.54, 1.807) is 6.92 Å². The highest BCUT2D eigenvalue weighted by Gasteiger charge is 2.08. The molecule has 2 aromatic carbocycles. The molecule has 0 N–H and O–H groups in total. The molecule has 0 saturated heterocycles. The summed E-state index contributed by atoms with van der Waals surface area (Å²) in [5.74, 6) is -0.513. The Morgan fingerprint density at radius 3 is 1.95 bits per heavy atom. The lowest BCUT2D eigenvalue weighted by molar-refractivity contribution is -0.268. The minimum absolute atomic E-state index is 0.0842. The van der Waals surface area contributed by atoms with Crippen molar-refractivity contribution in [2.45, 2.75) is 6.92 Å². The molecule has 0 heterocycles. The van der Waals surface area contributed by atoms with Gasteiger partial charge in [-0.1, -0.05) is 60.7 Å². The van der Waals surface area contributed by atoms with E-state index >= 15 is 0 Å². The average Bonchev–Trinajstić information content (AvgIpc) is 2.55. The van der Waals surface area contributed by atoms with Gasteiger partial charge in [-0.3, -0.25) is 9.88 Å². The molecule has 0 aliphatic heterocycles. The van der Waals surface area contributed by atoms with Gasteiger partial charge in [-0.2, -0.15) is 4.89 Å². The molecule has 0 aromatic heterocycles. The van der Waals surface area contributed by atoms with Crippen LogP contribution in [-0.2, 0) is 14.6 Å². The van der Waals surface area contributed by atoms with Crippen molar-refractivity contribution in [2.24, 2.45) is 4.99 Å². The zero-order chi connectivity index (χ0) is 14.9. The van der Waals surface area contributed by atoms with Gasteiger partial charge in [0.25, 0.3) is 0 Å². The molecule has 0 spiro atoms. The van der Waals surface area contributed by atoms with E-state index in [4.69, 9.17) is 0 Å². The van der Waals surface area contributed by atoms with Crippen molar-refractivity contribution in [2.75, 3.05) is 13.2 Å². The molecule has 0 bridgehead atoms. The van der Waals surface area contributed by atoms with Gasteiger partial charge in [-0.05, 0) is 6.92 Å². The quantitative estimate of drug-likeness (QED) is 0.465. The third-order valence-electron chi connectivity index (χ3n) is 2.73. The van der Waals surface area contributed by atoms with Crippen LogP contribution < -0.4 is 0 Å². The third kappa shape index (κ3) is 4.54. The molecular formula is C17H17NO3. The van der Waals surface area contributed by atoms with Crippen LogP contribution in [0.25, 0.3) is 0 Å². The van der Waals surface area contributed by atoms with E-state index in [2.05, 4.69) is 14.8 Å². The Kier molecular flexibility index (Phi) is 5.67. The van der Waals surface area contributed by atoms with Gasteiger partial charge in [0, 0.05) is 11.1 Å². The van der Waals surface area contributed by atoms with Crippen LogP contribution in [0, 0.1) is 0 Å². The zero-order valence-electron chi connectivity index (χ0n) is 11.9. The average molecular weight is 283 g/mol. The van der Waals surface area contributed by atoms with Gasteiger partial charge < -0.3 is 0 Å². The summed E-state index contributed by atoms with van der Waals surface area (Å²) in [6.45, 7) is 1.98. The van der Waals surface area contributed by atoms with Crippen molar-refractivity contribution in [1.82, 2.24) is 0 Å². The fourth-order valence-electron chi connectivity index (χ4n) is 1.84. The Morgan fingerprint density at radius 2 is 1.48 bits per heavy atom. The number of carbonyl (C=O) groups excluding carboxylic acids is 1. The molecule has 4 heteroatoms. The second kappa shape index (κ2) is 7.97. The van der Waals surface area contributed by atoms with E-state index in [-0.39, 0.29) is 6.54 Å². The molecule has 0 amide bonds. The molecule has 2 rings (SSSR count). The van der Waals surface area contributed by atoms with Crippen LogP contribution in [0.5, 0.6) is 0 Å². The van der Waals surface area contributed by atoms with Crippen LogP contribution >= 0.6 is 0 Å². The Morgan fingerprint density at radius 1 is 0.952 bits per heavy atom. The highest BCUT2D eigenvalue weighted by atomic mass is 17.2. The Labute approximate surface area is 124 Å².